The van der Waals surface area contributed by atoms with E-state index in [2.05, 4.69) is 84.9 Å². The highest BCUT2D eigenvalue weighted by molar-refractivity contribution is 7.98. The van der Waals surface area contributed by atoms with Crippen LogP contribution in [0, 0.1) is 6.92 Å². The molecule has 24 heavy (non-hydrogen) atoms. The van der Waals surface area contributed by atoms with Crippen molar-refractivity contribution in [2.45, 2.75) is 69.9 Å². The minimum Gasteiger partial charge on any atom is -0.507 e. The van der Waals surface area contributed by atoms with Gasteiger partial charge in [-0.05, 0) is 41.0 Å². The van der Waals surface area contributed by atoms with E-state index in [1.807, 2.05) is 0 Å². The van der Waals surface area contributed by atoms with Gasteiger partial charge in [0.15, 0.2) is 0 Å². The van der Waals surface area contributed by atoms with Gasteiger partial charge in [-0.15, -0.1) is 11.8 Å². The Morgan fingerprint density at radius 3 is 1.96 bits per heavy atom. The molecule has 0 aliphatic heterocycles. The summed E-state index contributed by atoms with van der Waals surface area (Å²) < 4.78 is 0. The van der Waals surface area contributed by atoms with E-state index in [-0.39, 0.29) is 10.8 Å². The summed E-state index contributed by atoms with van der Waals surface area (Å²) in [5, 5.41) is 10.8. The van der Waals surface area contributed by atoms with Crippen molar-refractivity contribution in [1.82, 2.24) is 0 Å². The van der Waals surface area contributed by atoms with Crippen LogP contribution >= 0.6 is 11.8 Å². The number of hydrogen-bond acceptors (Lipinski definition) is 2. The minimum atomic E-state index is -0.0748. The van der Waals surface area contributed by atoms with Crippen molar-refractivity contribution in [3.63, 3.8) is 0 Å². The molecule has 0 aliphatic carbocycles. The predicted octanol–water partition coefficient (Wildman–Crippen LogP) is 6.59. The Balaban J connectivity index is 2.39. The van der Waals surface area contributed by atoms with Gasteiger partial charge in [0.05, 0.1) is 0 Å². The lowest BCUT2D eigenvalue weighted by Gasteiger charge is -2.27. The van der Waals surface area contributed by atoms with E-state index in [1.165, 1.54) is 16.0 Å². The highest BCUT2D eigenvalue weighted by atomic mass is 32.2. The topological polar surface area (TPSA) is 20.2 Å². The van der Waals surface area contributed by atoms with E-state index in [4.69, 9.17) is 0 Å². The lowest BCUT2D eigenvalue weighted by atomic mass is 9.79. The van der Waals surface area contributed by atoms with Crippen LogP contribution in [0.15, 0.2) is 41.3 Å². The lowest BCUT2D eigenvalue weighted by molar-refractivity contribution is 0.440. The summed E-state index contributed by atoms with van der Waals surface area (Å²) in [6, 6.07) is 12.9. The number of aryl methyl sites for hydroxylation is 1. The SMILES string of the molecule is Cc1ccc(SCc2cc(C(C)(C)C)cc(C(C)(C)C)c2O)cc1. The maximum atomic E-state index is 10.8. The molecule has 0 amide bonds. The Labute approximate surface area is 151 Å². The number of hydrogen-bond donors (Lipinski definition) is 1. The molecule has 2 rings (SSSR count). The first-order valence-electron chi connectivity index (χ1n) is 8.55. The molecular weight excluding hydrogens is 312 g/mol. The average Bonchev–Trinajstić information content (AvgIpc) is 2.45. The highest BCUT2D eigenvalue weighted by Gasteiger charge is 2.24. The number of phenols is 1. The Morgan fingerprint density at radius 1 is 0.875 bits per heavy atom. The largest absolute Gasteiger partial charge is 0.507 e. The molecular formula is C22H30OS. The summed E-state index contributed by atoms with van der Waals surface area (Å²) in [5.41, 5.74) is 4.61. The number of rotatable bonds is 3. The number of benzene rings is 2. The molecule has 0 spiro atoms. The second-order valence-corrected chi connectivity index (χ2v) is 9.68. The van der Waals surface area contributed by atoms with Crippen molar-refractivity contribution in [3.8, 4) is 5.75 Å². The normalized spacial score (nSPS) is 12.5. The van der Waals surface area contributed by atoms with Crippen LogP contribution in [0.3, 0.4) is 0 Å². The fraction of sp³-hybridized carbons (Fsp3) is 0.455. The average molecular weight is 343 g/mol. The molecule has 0 unspecified atom stereocenters. The van der Waals surface area contributed by atoms with Gasteiger partial charge in [0.25, 0.3) is 0 Å². The van der Waals surface area contributed by atoms with Gasteiger partial charge in [0.1, 0.15) is 5.75 Å². The molecule has 1 nitrogen and oxygen atoms in total. The molecule has 0 atom stereocenters. The fourth-order valence-electron chi connectivity index (χ4n) is 2.60. The Hall–Kier alpha value is -1.41. The van der Waals surface area contributed by atoms with Crippen LogP contribution in [0.1, 0.15) is 63.8 Å². The zero-order valence-corrected chi connectivity index (χ0v) is 16.8. The smallest absolute Gasteiger partial charge is 0.123 e. The first kappa shape index (κ1) is 18.9. The van der Waals surface area contributed by atoms with E-state index in [1.54, 1.807) is 11.8 Å². The predicted molar refractivity (Wildman–Crippen MR) is 106 cm³/mol. The van der Waals surface area contributed by atoms with Crippen LogP contribution in [-0.2, 0) is 16.6 Å². The van der Waals surface area contributed by atoms with E-state index in [0.29, 0.717) is 5.75 Å². The molecule has 2 heteroatoms. The van der Waals surface area contributed by atoms with Gasteiger partial charge >= 0.3 is 0 Å². The summed E-state index contributed by atoms with van der Waals surface area (Å²) in [7, 11) is 0. The third-order valence-corrected chi connectivity index (χ3v) is 5.34. The van der Waals surface area contributed by atoms with Gasteiger partial charge in [-0.3, -0.25) is 0 Å². The van der Waals surface area contributed by atoms with Crippen LogP contribution in [-0.4, -0.2) is 5.11 Å². The monoisotopic (exact) mass is 342 g/mol. The summed E-state index contributed by atoms with van der Waals surface area (Å²) >= 11 is 1.78. The second kappa shape index (κ2) is 6.84. The van der Waals surface area contributed by atoms with Crippen molar-refractivity contribution in [2.75, 3.05) is 0 Å². The lowest BCUT2D eigenvalue weighted by Crippen LogP contribution is -2.17. The van der Waals surface area contributed by atoms with E-state index in [9.17, 15) is 5.11 Å². The van der Waals surface area contributed by atoms with Gasteiger partial charge < -0.3 is 5.11 Å². The fourth-order valence-corrected chi connectivity index (χ4v) is 3.48. The van der Waals surface area contributed by atoms with Crippen LogP contribution in [0.4, 0.5) is 0 Å². The molecule has 0 radical (unpaired) electrons. The van der Waals surface area contributed by atoms with Crippen LogP contribution in [0.2, 0.25) is 0 Å². The molecule has 0 fully saturated rings. The van der Waals surface area contributed by atoms with Crippen molar-refractivity contribution >= 4 is 11.8 Å². The maximum absolute atomic E-state index is 10.8. The molecule has 130 valence electrons. The van der Waals surface area contributed by atoms with Crippen molar-refractivity contribution in [1.29, 1.82) is 0 Å². The van der Waals surface area contributed by atoms with Crippen LogP contribution < -0.4 is 0 Å². The molecule has 2 aromatic carbocycles. The second-order valence-electron chi connectivity index (χ2n) is 8.63. The third kappa shape index (κ3) is 4.57. The molecule has 0 saturated carbocycles. The minimum absolute atomic E-state index is 0.0664. The molecule has 0 bridgehead atoms. The Bertz CT molecular complexity index is 700. The molecule has 1 N–H and O–H groups in total. The van der Waals surface area contributed by atoms with Crippen molar-refractivity contribution < 1.29 is 5.11 Å². The van der Waals surface area contributed by atoms with E-state index in [0.717, 1.165) is 16.9 Å². The van der Waals surface area contributed by atoms with E-state index >= 15 is 0 Å². The van der Waals surface area contributed by atoms with Crippen molar-refractivity contribution in [2.24, 2.45) is 0 Å². The summed E-state index contributed by atoms with van der Waals surface area (Å²) in [4.78, 5) is 1.23. The standard InChI is InChI=1S/C22H30OS/c1-15-8-10-18(11-9-15)24-14-16-12-17(21(2,3)4)13-19(20(16)23)22(5,6)7/h8-13,23H,14H2,1-7H3. The zero-order chi connectivity index (χ0) is 18.1. The van der Waals surface area contributed by atoms with Gasteiger partial charge in [-0.1, -0.05) is 71.4 Å². The molecule has 0 heterocycles. The van der Waals surface area contributed by atoms with Crippen LogP contribution in [0.25, 0.3) is 0 Å². The highest BCUT2D eigenvalue weighted by Crippen LogP contribution is 2.39. The first-order chi connectivity index (χ1) is 11.0. The van der Waals surface area contributed by atoms with E-state index < -0.39 is 0 Å². The first-order valence-corrected chi connectivity index (χ1v) is 9.53. The molecule has 0 aliphatic rings. The molecule has 2 aromatic rings. The Kier molecular flexibility index (Phi) is 5.39. The van der Waals surface area contributed by atoms with Gasteiger partial charge in [0, 0.05) is 16.2 Å². The van der Waals surface area contributed by atoms with Gasteiger partial charge in [-0.25, -0.2) is 0 Å². The zero-order valence-electron chi connectivity index (χ0n) is 16.0. The summed E-state index contributed by atoms with van der Waals surface area (Å²) in [6.45, 7) is 15.2. The number of thioether (sulfide) groups is 1. The molecule has 0 saturated heterocycles. The Morgan fingerprint density at radius 2 is 1.46 bits per heavy atom. The van der Waals surface area contributed by atoms with Crippen LogP contribution in [0.5, 0.6) is 5.75 Å². The maximum Gasteiger partial charge on any atom is 0.123 e. The third-order valence-electron chi connectivity index (χ3n) is 4.28. The van der Waals surface area contributed by atoms with Crippen molar-refractivity contribution in [3.05, 3.63) is 58.7 Å². The summed E-state index contributed by atoms with van der Waals surface area (Å²) in [6.07, 6.45) is 0. The summed E-state index contributed by atoms with van der Waals surface area (Å²) in [5.74, 6) is 1.23. The molecule has 0 aromatic heterocycles. The van der Waals surface area contributed by atoms with Gasteiger partial charge in [-0.2, -0.15) is 0 Å². The van der Waals surface area contributed by atoms with Gasteiger partial charge in [0.2, 0.25) is 0 Å². The number of phenolic OH excluding ortho intramolecular Hbond substituents is 1. The quantitative estimate of drug-likeness (QED) is 0.635. The number of aromatic hydroxyl groups is 1.